The monoisotopic (exact) mass is 341 g/mol. The Morgan fingerprint density at radius 1 is 1.00 bits per heavy atom. The lowest BCUT2D eigenvalue weighted by atomic mass is 9.81. The zero-order valence-corrected chi connectivity index (χ0v) is 15.5. The van der Waals surface area contributed by atoms with E-state index in [0.717, 1.165) is 32.2 Å². The molecule has 136 valence electrons. The van der Waals surface area contributed by atoms with Gasteiger partial charge in [0, 0.05) is 25.3 Å². The molecule has 25 heavy (non-hydrogen) atoms. The summed E-state index contributed by atoms with van der Waals surface area (Å²) in [5, 5.41) is 3.74. The number of hydrogen-bond donors (Lipinski definition) is 1. The third-order valence-corrected chi connectivity index (χ3v) is 6.37. The predicted octanol–water partition coefficient (Wildman–Crippen LogP) is 3.83. The van der Waals surface area contributed by atoms with E-state index in [1.807, 2.05) is 4.90 Å². The summed E-state index contributed by atoms with van der Waals surface area (Å²) in [5.74, 6) is 0.319. The van der Waals surface area contributed by atoms with Crippen LogP contribution < -0.4 is 10.2 Å². The number of benzene rings is 1. The molecule has 3 aliphatic rings. The van der Waals surface area contributed by atoms with Gasteiger partial charge in [-0.1, -0.05) is 31.4 Å². The maximum Gasteiger partial charge on any atom is 0.244 e. The largest absolute Gasteiger partial charge is 0.372 e. The summed E-state index contributed by atoms with van der Waals surface area (Å²) >= 11 is 0. The molecule has 2 heterocycles. The van der Waals surface area contributed by atoms with Gasteiger partial charge in [0.15, 0.2) is 0 Å². The molecular weight excluding hydrogens is 310 g/mol. The molecule has 1 aliphatic carbocycles. The van der Waals surface area contributed by atoms with Crippen LogP contribution in [0.2, 0.25) is 0 Å². The molecule has 3 fully saturated rings. The highest BCUT2D eigenvalue weighted by Gasteiger charge is 2.50. The van der Waals surface area contributed by atoms with E-state index in [-0.39, 0.29) is 11.7 Å². The number of likely N-dealkylation sites (N-methyl/N-ethyl adjacent to an activating group) is 1. The van der Waals surface area contributed by atoms with Crippen LogP contribution in [-0.4, -0.2) is 36.0 Å². The number of nitrogens with one attached hydrogen (secondary N) is 1. The van der Waals surface area contributed by atoms with Crippen molar-refractivity contribution in [2.45, 2.75) is 70.0 Å². The number of carbonyl (C=O) groups excluding carboxylic acids is 1. The van der Waals surface area contributed by atoms with Crippen molar-refractivity contribution in [3.63, 3.8) is 0 Å². The first kappa shape index (κ1) is 16.9. The molecule has 4 rings (SSSR count). The number of carbonyl (C=O) groups is 1. The SMILES string of the molecule is CCN1C(=O)C2(CCCCC2)N[C@H]1c1ccc(N2CCCCC2)cc1. The highest BCUT2D eigenvalue weighted by atomic mass is 16.2. The molecule has 4 heteroatoms. The van der Waals surface area contributed by atoms with E-state index in [0.29, 0.717) is 5.91 Å². The summed E-state index contributed by atoms with van der Waals surface area (Å²) in [4.78, 5) is 17.6. The molecule has 1 aromatic rings. The predicted molar refractivity (Wildman–Crippen MR) is 102 cm³/mol. The molecular formula is C21H31N3O. The van der Waals surface area contributed by atoms with Gasteiger partial charge in [-0.05, 0) is 56.7 Å². The summed E-state index contributed by atoms with van der Waals surface area (Å²) < 4.78 is 0. The van der Waals surface area contributed by atoms with Gasteiger partial charge < -0.3 is 9.80 Å². The van der Waals surface area contributed by atoms with Crippen molar-refractivity contribution in [1.29, 1.82) is 0 Å². The maximum absolute atomic E-state index is 13.1. The molecule has 1 amide bonds. The van der Waals surface area contributed by atoms with Crippen LogP contribution >= 0.6 is 0 Å². The molecule has 2 aliphatic heterocycles. The lowest BCUT2D eigenvalue weighted by molar-refractivity contribution is -0.134. The average Bonchev–Trinajstić information content (AvgIpc) is 2.95. The fourth-order valence-corrected chi connectivity index (χ4v) is 4.92. The fraction of sp³-hybridized carbons (Fsp3) is 0.667. The first-order valence-corrected chi connectivity index (χ1v) is 10.2. The van der Waals surface area contributed by atoms with Gasteiger partial charge in [0.1, 0.15) is 6.17 Å². The van der Waals surface area contributed by atoms with E-state index in [1.165, 1.54) is 50.0 Å². The molecule has 2 saturated heterocycles. The standard InChI is InChI=1S/C21H31N3O/c1-2-24-19(22-21(20(24)25)13-5-3-6-14-21)17-9-11-18(12-10-17)23-15-7-4-8-16-23/h9-12,19,22H,2-8,13-16H2,1H3/t19-/m1/s1. The lowest BCUT2D eigenvalue weighted by Gasteiger charge is -2.31. The van der Waals surface area contributed by atoms with Gasteiger partial charge >= 0.3 is 0 Å². The molecule has 0 radical (unpaired) electrons. The summed E-state index contributed by atoms with van der Waals surface area (Å²) in [7, 11) is 0. The van der Waals surface area contributed by atoms with E-state index in [2.05, 4.69) is 41.4 Å². The third-order valence-electron chi connectivity index (χ3n) is 6.37. The quantitative estimate of drug-likeness (QED) is 0.907. The molecule has 1 aromatic carbocycles. The topological polar surface area (TPSA) is 35.6 Å². The minimum Gasteiger partial charge on any atom is -0.372 e. The number of anilines is 1. The zero-order chi connectivity index (χ0) is 17.3. The van der Waals surface area contributed by atoms with Crippen LogP contribution in [0.15, 0.2) is 24.3 Å². The van der Waals surface area contributed by atoms with Crippen molar-refractivity contribution < 1.29 is 4.79 Å². The second-order valence-electron chi connectivity index (χ2n) is 7.92. The van der Waals surface area contributed by atoms with Crippen molar-refractivity contribution in [1.82, 2.24) is 10.2 Å². The van der Waals surface area contributed by atoms with E-state index in [9.17, 15) is 4.79 Å². The van der Waals surface area contributed by atoms with Crippen molar-refractivity contribution in [3.8, 4) is 0 Å². The number of hydrogen-bond acceptors (Lipinski definition) is 3. The number of amides is 1. The van der Waals surface area contributed by atoms with Crippen LogP contribution in [0.5, 0.6) is 0 Å². The first-order valence-electron chi connectivity index (χ1n) is 10.2. The van der Waals surface area contributed by atoms with Crippen LogP contribution in [0, 0.1) is 0 Å². The molecule has 1 atom stereocenters. The molecule has 0 unspecified atom stereocenters. The van der Waals surface area contributed by atoms with E-state index in [4.69, 9.17) is 0 Å². The van der Waals surface area contributed by atoms with Crippen LogP contribution in [0.25, 0.3) is 0 Å². The summed E-state index contributed by atoms with van der Waals surface area (Å²) in [6.07, 6.45) is 9.56. The summed E-state index contributed by atoms with van der Waals surface area (Å²) in [5.41, 5.74) is 2.24. The van der Waals surface area contributed by atoms with Crippen molar-refractivity contribution in [3.05, 3.63) is 29.8 Å². The van der Waals surface area contributed by atoms with Gasteiger partial charge in [0.05, 0.1) is 5.54 Å². The van der Waals surface area contributed by atoms with Gasteiger partial charge in [-0.2, -0.15) is 0 Å². The second kappa shape index (κ2) is 6.99. The highest BCUT2D eigenvalue weighted by molar-refractivity contribution is 5.89. The van der Waals surface area contributed by atoms with E-state index >= 15 is 0 Å². The Hall–Kier alpha value is -1.55. The number of piperidine rings is 1. The van der Waals surface area contributed by atoms with E-state index < -0.39 is 0 Å². The second-order valence-corrected chi connectivity index (χ2v) is 7.92. The number of nitrogens with zero attached hydrogens (tertiary/aromatic N) is 2. The third kappa shape index (κ3) is 3.05. The molecule has 0 bridgehead atoms. The van der Waals surface area contributed by atoms with Crippen molar-refractivity contribution in [2.75, 3.05) is 24.5 Å². The molecule has 0 aromatic heterocycles. The minimum absolute atomic E-state index is 0.0333. The van der Waals surface area contributed by atoms with Crippen LogP contribution in [0.3, 0.4) is 0 Å². The molecule has 1 saturated carbocycles. The van der Waals surface area contributed by atoms with Gasteiger partial charge in [0.2, 0.25) is 5.91 Å². The lowest BCUT2D eigenvalue weighted by Crippen LogP contribution is -2.48. The summed E-state index contributed by atoms with van der Waals surface area (Å²) in [6, 6.07) is 8.93. The maximum atomic E-state index is 13.1. The molecule has 4 nitrogen and oxygen atoms in total. The Morgan fingerprint density at radius 2 is 1.64 bits per heavy atom. The van der Waals surface area contributed by atoms with Gasteiger partial charge in [0.25, 0.3) is 0 Å². The van der Waals surface area contributed by atoms with Gasteiger partial charge in [-0.3, -0.25) is 10.1 Å². The van der Waals surface area contributed by atoms with Crippen LogP contribution in [-0.2, 0) is 4.79 Å². The Labute approximate surface area is 151 Å². The molecule has 1 N–H and O–H groups in total. The zero-order valence-electron chi connectivity index (χ0n) is 15.5. The first-order chi connectivity index (χ1) is 12.2. The van der Waals surface area contributed by atoms with Crippen LogP contribution in [0.4, 0.5) is 5.69 Å². The molecule has 1 spiro atoms. The van der Waals surface area contributed by atoms with E-state index in [1.54, 1.807) is 0 Å². The Balaban J connectivity index is 1.54. The normalized spacial score (nSPS) is 26.4. The number of rotatable bonds is 3. The highest BCUT2D eigenvalue weighted by Crippen LogP contribution is 2.39. The summed E-state index contributed by atoms with van der Waals surface area (Å²) in [6.45, 7) is 5.20. The Kier molecular flexibility index (Phi) is 4.72. The fourth-order valence-electron chi connectivity index (χ4n) is 4.92. The van der Waals surface area contributed by atoms with Crippen molar-refractivity contribution in [2.24, 2.45) is 0 Å². The smallest absolute Gasteiger partial charge is 0.244 e. The van der Waals surface area contributed by atoms with Crippen LogP contribution in [0.1, 0.15) is 70.0 Å². The van der Waals surface area contributed by atoms with Gasteiger partial charge in [-0.15, -0.1) is 0 Å². The Morgan fingerprint density at radius 3 is 2.28 bits per heavy atom. The van der Waals surface area contributed by atoms with Gasteiger partial charge in [-0.25, -0.2) is 0 Å². The minimum atomic E-state index is -0.301. The van der Waals surface area contributed by atoms with Crippen molar-refractivity contribution >= 4 is 11.6 Å². The average molecular weight is 341 g/mol. The Bertz CT molecular complexity index is 600.